The van der Waals surface area contributed by atoms with Crippen molar-refractivity contribution in [3.63, 3.8) is 0 Å². The molecule has 4 heterocycles. The van der Waals surface area contributed by atoms with Gasteiger partial charge in [-0.25, -0.2) is 9.78 Å². The van der Waals surface area contributed by atoms with Gasteiger partial charge in [-0.15, -0.1) is 0 Å². The summed E-state index contributed by atoms with van der Waals surface area (Å²) in [6.45, 7) is 6.36. The van der Waals surface area contributed by atoms with Crippen LogP contribution in [0.4, 0.5) is 27.9 Å². The van der Waals surface area contributed by atoms with E-state index < -0.39 is 6.09 Å². The van der Waals surface area contributed by atoms with Crippen molar-refractivity contribution < 1.29 is 14.6 Å². The zero-order valence-corrected chi connectivity index (χ0v) is 18.5. The Labute approximate surface area is 191 Å². The fourth-order valence-corrected chi connectivity index (χ4v) is 4.33. The molecule has 2 aromatic heterocycles. The molecule has 0 spiro atoms. The van der Waals surface area contributed by atoms with E-state index in [0.717, 1.165) is 55.9 Å². The van der Waals surface area contributed by atoms with Crippen molar-refractivity contribution >= 4 is 40.4 Å². The number of amides is 1. The Kier molecular flexibility index (Phi) is 5.86. The van der Waals surface area contributed by atoms with E-state index in [1.165, 1.54) is 10.6 Å². The summed E-state index contributed by atoms with van der Waals surface area (Å²) in [5.74, 6) is 1.12. The molecule has 4 N–H and O–H groups in total. The number of rotatable bonds is 5. The molecule has 174 valence electrons. The lowest BCUT2D eigenvalue weighted by Gasteiger charge is -2.30. The first kappa shape index (κ1) is 21.3. The van der Waals surface area contributed by atoms with E-state index in [9.17, 15) is 9.90 Å². The van der Waals surface area contributed by atoms with Crippen molar-refractivity contribution in [1.82, 2.24) is 24.8 Å². The lowest BCUT2D eigenvalue weighted by molar-refractivity contribution is 0.122. The van der Waals surface area contributed by atoms with Crippen LogP contribution in [0.3, 0.4) is 0 Å². The number of aromatic amines is 1. The number of benzene rings is 1. The molecular weight excluding hydrogens is 424 g/mol. The number of H-pyrrole nitrogens is 1. The second kappa shape index (κ2) is 9.10. The van der Waals surface area contributed by atoms with Crippen LogP contribution < -0.4 is 15.5 Å². The molecule has 0 unspecified atom stereocenters. The standard InChI is InChI=1S/C22H28N8O3/c1-14-12-16(29-8-10-33-11-9-29)2-3-17(14)26-21-27-19-18(23-13-24-19)20(28-21)25-15-4-6-30(7-5-15)22(31)32/h2-3,12-13,15H,4-11H2,1H3,(H,31,32)(H3,23,24,25,26,27,28). The van der Waals surface area contributed by atoms with Gasteiger partial charge >= 0.3 is 6.09 Å². The lowest BCUT2D eigenvalue weighted by Crippen LogP contribution is -2.41. The number of morpholine rings is 1. The van der Waals surface area contributed by atoms with Crippen molar-refractivity contribution in [3.05, 3.63) is 30.1 Å². The number of nitrogens with one attached hydrogen (secondary N) is 3. The van der Waals surface area contributed by atoms with E-state index >= 15 is 0 Å². The van der Waals surface area contributed by atoms with Crippen LogP contribution in [0.25, 0.3) is 11.2 Å². The first-order valence-electron chi connectivity index (χ1n) is 11.2. The van der Waals surface area contributed by atoms with E-state index in [1.807, 2.05) is 6.07 Å². The third kappa shape index (κ3) is 4.63. The van der Waals surface area contributed by atoms with E-state index in [-0.39, 0.29) is 6.04 Å². The normalized spacial score (nSPS) is 17.4. The minimum Gasteiger partial charge on any atom is -0.465 e. The zero-order chi connectivity index (χ0) is 22.8. The van der Waals surface area contributed by atoms with Gasteiger partial charge in [0, 0.05) is 43.6 Å². The maximum Gasteiger partial charge on any atom is 0.407 e. The van der Waals surface area contributed by atoms with Gasteiger partial charge in [0.25, 0.3) is 0 Å². The largest absolute Gasteiger partial charge is 0.465 e. The predicted octanol–water partition coefficient (Wildman–Crippen LogP) is 2.80. The molecule has 0 atom stereocenters. The summed E-state index contributed by atoms with van der Waals surface area (Å²) in [6.07, 6.45) is 2.17. The summed E-state index contributed by atoms with van der Waals surface area (Å²) in [6, 6.07) is 6.44. The van der Waals surface area contributed by atoms with Gasteiger partial charge < -0.3 is 35.3 Å². The Morgan fingerprint density at radius 2 is 1.97 bits per heavy atom. The first-order valence-corrected chi connectivity index (χ1v) is 11.2. The van der Waals surface area contributed by atoms with Crippen molar-refractivity contribution in [2.45, 2.75) is 25.8 Å². The highest BCUT2D eigenvalue weighted by Crippen LogP contribution is 2.27. The number of likely N-dealkylation sites (tertiary alicyclic amines) is 1. The van der Waals surface area contributed by atoms with Gasteiger partial charge in [-0.05, 0) is 43.5 Å². The van der Waals surface area contributed by atoms with Crippen molar-refractivity contribution in [2.24, 2.45) is 0 Å². The summed E-state index contributed by atoms with van der Waals surface area (Å²) >= 11 is 0. The minimum absolute atomic E-state index is 0.129. The fourth-order valence-electron chi connectivity index (χ4n) is 4.33. The monoisotopic (exact) mass is 452 g/mol. The van der Waals surface area contributed by atoms with E-state index in [0.29, 0.717) is 30.5 Å². The number of nitrogens with zero attached hydrogens (tertiary/aromatic N) is 5. The number of hydrogen-bond acceptors (Lipinski definition) is 8. The summed E-state index contributed by atoms with van der Waals surface area (Å²) in [7, 11) is 0. The van der Waals surface area contributed by atoms with Crippen LogP contribution >= 0.6 is 0 Å². The highest BCUT2D eigenvalue weighted by Gasteiger charge is 2.23. The smallest absolute Gasteiger partial charge is 0.407 e. The summed E-state index contributed by atoms with van der Waals surface area (Å²) in [5, 5.41) is 16.0. The number of aromatic nitrogens is 4. The Bertz CT molecular complexity index is 1140. The molecule has 11 nitrogen and oxygen atoms in total. The molecule has 1 aromatic carbocycles. The molecule has 2 aliphatic heterocycles. The fraction of sp³-hybridized carbons (Fsp3) is 0.455. The summed E-state index contributed by atoms with van der Waals surface area (Å²) in [5.41, 5.74) is 4.52. The van der Waals surface area contributed by atoms with Crippen molar-refractivity contribution in [2.75, 3.05) is 54.9 Å². The maximum absolute atomic E-state index is 11.2. The molecular formula is C22H28N8O3. The molecule has 0 saturated carbocycles. The maximum atomic E-state index is 11.2. The first-order chi connectivity index (χ1) is 16.1. The van der Waals surface area contributed by atoms with Crippen LogP contribution in [0.2, 0.25) is 0 Å². The molecule has 0 aliphatic carbocycles. The lowest BCUT2D eigenvalue weighted by atomic mass is 10.1. The number of fused-ring (bicyclic) bond motifs is 1. The number of hydrogen-bond donors (Lipinski definition) is 4. The van der Waals surface area contributed by atoms with E-state index in [1.54, 1.807) is 6.33 Å². The highest BCUT2D eigenvalue weighted by molar-refractivity contribution is 5.84. The minimum atomic E-state index is -0.868. The second-order valence-corrected chi connectivity index (χ2v) is 8.41. The van der Waals surface area contributed by atoms with E-state index in [4.69, 9.17) is 9.72 Å². The highest BCUT2D eigenvalue weighted by atomic mass is 16.5. The molecule has 2 saturated heterocycles. The number of carbonyl (C=O) groups is 1. The molecule has 1 amide bonds. The van der Waals surface area contributed by atoms with Gasteiger partial charge in [0.05, 0.1) is 19.5 Å². The van der Waals surface area contributed by atoms with Crippen LogP contribution in [-0.4, -0.2) is 81.5 Å². The SMILES string of the molecule is Cc1cc(N2CCOCC2)ccc1Nc1nc(NC2CCN(C(=O)O)CC2)c2[nH]cnc2n1. The van der Waals surface area contributed by atoms with Crippen LogP contribution in [0, 0.1) is 6.92 Å². The van der Waals surface area contributed by atoms with Crippen molar-refractivity contribution in [3.8, 4) is 0 Å². The third-order valence-corrected chi connectivity index (χ3v) is 6.22. The number of anilines is 4. The third-order valence-electron chi connectivity index (χ3n) is 6.22. The number of ether oxygens (including phenoxy) is 1. The van der Waals surface area contributed by atoms with Crippen LogP contribution in [0.1, 0.15) is 18.4 Å². The molecule has 2 aliphatic rings. The van der Waals surface area contributed by atoms with Gasteiger partial charge in [-0.1, -0.05) is 0 Å². The van der Waals surface area contributed by atoms with Crippen LogP contribution in [-0.2, 0) is 4.74 Å². The van der Waals surface area contributed by atoms with Gasteiger partial charge in [0.1, 0.15) is 5.52 Å². The van der Waals surface area contributed by atoms with Gasteiger partial charge in [0.15, 0.2) is 11.5 Å². The average Bonchev–Trinajstić information content (AvgIpc) is 3.30. The predicted molar refractivity (Wildman–Crippen MR) is 125 cm³/mol. The summed E-state index contributed by atoms with van der Waals surface area (Å²) in [4.78, 5) is 31.6. The number of piperidine rings is 1. The average molecular weight is 453 g/mol. The molecule has 33 heavy (non-hydrogen) atoms. The van der Waals surface area contributed by atoms with E-state index in [2.05, 4.69) is 49.5 Å². The topological polar surface area (TPSA) is 132 Å². The van der Waals surface area contributed by atoms with Gasteiger partial charge in [-0.2, -0.15) is 9.97 Å². The van der Waals surface area contributed by atoms with Gasteiger partial charge in [-0.3, -0.25) is 0 Å². The van der Waals surface area contributed by atoms with Crippen molar-refractivity contribution in [1.29, 1.82) is 0 Å². The molecule has 11 heteroatoms. The Balaban J connectivity index is 1.33. The molecule has 2 fully saturated rings. The molecule has 3 aromatic rings. The molecule has 5 rings (SSSR count). The Morgan fingerprint density at radius 1 is 1.18 bits per heavy atom. The number of carboxylic acid groups (broad SMARTS) is 1. The quantitative estimate of drug-likeness (QED) is 0.461. The zero-order valence-electron chi connectivity index (χ0n) is 18.5. The number of imidazole rings is 1. The summed E-state index contributed by atoms with van der Waals surface area (Å²) < 4.78 is 5.45. The molecule has 0 radical (unpaired) electrons. The van der Waals surface area contributed by atoms with Crippen LogP contribution in [0.15, 0.2) is 24.5 Å². The Hall–Kier alpha value is -3.60. The number of aryl methyl sites for hydroxylation is 1. The van der Waals surface area contributed by atoms with Gasteiger partial charge in [0.2, 0.25) is 5.95 Å². The molecule has 0 bridgehead atoms. The second-order valence-electron chi connectivity index (χ2n) is 8.41. The Morgan fingerprint density at radius 3 is 2.70 bits per heavy atom. The van der Waals surface area contributed by atoms with Crippen LogP contribution in [0.5, 0.6) is 0 Å².